The zero-order valence-corrected chi connectivity index (χ0v) is 17.7. The van der Waals surface area contributed by atoms with Gasteiger partial charge < -0.3 is 23.7 Å². The average Bonchev–Trinajstić information content (AvgIpc) is 3.46. The lowest BCUT2D eigenvalue weighted by Gasteiger charge is -2.31. The highest BCUT2D eigenvalue weighted by Crippen LogP contribution is 2.24. The van der Waals surface area contributed by atoms with E-state index in [0.29, 0.717) is 5.89 Å². The molecule has 0 saturated carbocycles. The van der Waals surface area contributed by atoms with Gasteiger partial charge in [-0.1, -0.05) is 6.07 Å². The number of aromatic nitrogens is 2. The third kappa shape index (κ3) is 4.95. The lowest BCUT2D eigenvalue weighted by Crippen LogP contribution is -3.28. The fourth-order valence-electron chi connectivity index (χ4n) is 3.68. The molecular weight excluding hydrogens is 388 g/mol. The van der Waals surface area contributed by atoms with Crippen LogP contribution in [0.3, 0.4) is 0 Å². The largest absolute Gasteiger partial charge is 0.497 e. The number of hydrogen-bond acceptors (Lipinski definition) is 6. The molecule has 0 bridgehead atoms. The summed E-state index contributed by atoms with van der Waals surface area (Å²) in [4.78, 5) is 4.11. The number of methoxy groups -OCH3 is 1. The van der Waals surface area contributed by atoms with Crippen molar-refractivity contribution < 1.29 is 23.7 Å². The first-order valence-electron chi connectivity index (χ1n) is 10.0. The molecule has 4 rings (SSSR count). The van der Waals surface area contributed by atoms with Gasteiger partial charge in [-0.3, -0.25) is 0 Å². The number of thiophene rings is 1. The Kier molecular flexibility index (Phi) is 6.43. The fourth-order valence-corrected chi connectivity index (χ4v) is 4.32. The first-order valence-corrected chi connectivity index (χ1v) is 10.9. The quantitative estimate of drug-likeness (QED) is 0.567. The summed E-state index contributed by atoms with van der Waals surface area (Å²) in [6.45, 7) is 8.34. The first-order chi connectivity index (χ1) is 14.2. The lowest BCUT2D eigenvalue weighted by molar-refractivity contribution is -1.03. The molecule has 3 aromatic rings. The zero-order valence-electron chi connectivity index (χ0n) is 16.9. The number of ether oxygens (including phenoxy) is 2. The molecule has 29 heavy (non-hydrogen) atoms. The monoisotopic (exact) mass is 416 g/mol. The summed E-state index contributed by atoms with van der Waals surface area (Å²) in [5, 5.41) is 10.5. The topological polar surface area (TPSA) is 66.3 Å². The minimum atomic E-state index is 0.216. The molecule has 8 heteroatoms. The van der Waals surface area contributed by atoms with Gasteiger partial charge in [0.25, 0.3) is 11.8 Å². The molecule has 0 radical (unpaired) electrons. The molecule has 7 nitrogen and oxygen atoms in total. The van der Waals surface area contributed by atoms with Gasteiger partial charge in [0.1, 0.15) is 50.8 Å². The SMILES string of the molecule is COc1ccc(OCC[NH+]2CC[NH+]([C@@H](C)c3nnc(-c4cccs4)o3)CC2)cc1. The average molecular weight is 417 g/mol. The van der Waals surface area contributed by atoms with Gasteiger partial charge in [-0.25, -0.2) is 0 Å². The van der Waals surface area contributed by atoms with E-state index >= 15 is 0 Å². The van der Waals surface area contributed by atoms with E-state index in [2.05, 4.69) is 17.1 Å². The number of nitrogens with zero attached hydrogens (tertiary/aromatic N) is 2. The van der Waals surface area contributed by atoms with E-state index in [4.69, 9.17) is 13.9 Å². The molecule has 1 aliphatic heterocycles. The molecule has 1 saturated heterocycles. The van der Waals surface area contributed by atoms with Crippen LogP contribution in [0.2, 0.25) is 0 Å². The standard InChI is InChI=1S/C21H26N4O3S/c1-16(20-22-23-21(28-20)19-4-3-15-29-19)25-11-9-24(10-12-25)13-14-27-18-7-5-17(26-2)6-8-18/h3-8,15-16H,9-14H2,1-2H3/p+2/t16-/m0/s1. The van der Waals surface area contributed by atoms with Gasteiger partial charge in [0, 0.05) is 0 Å². The summed E-state index contributed by atoms with van der Waals surface area (Å²) in [6, 6.07) is 12.0. The molecule has 154 valence electrons. The van der Waals surface area contributed by atoms with Crippen molar-refractivity contribution in [3.63, 3.8) is 0 Å². The third-order valence-electron chi connectivity index (χ3n) is 5.54. The van der Waals surface area contributed by atoms with E-state index in [1.807, 2.05) is 41.8 Å². The van der Waals surface area contributed by atoms with Gasteiger partial charge in [-0.2, -0.15) is 0 Å². The Morgan fingerprint density at radius 2 is 1.83 bits per heavy atom. The smallest absolute Gasteiger partial charge is 0.274 e. The van der Waals surface area contributed by atoms with Crippen LogP contribution in [-0.2, 0) is 0 Å². The molecule has 1 fully saturated rings. The lowest BCUT2D eigenvalue weighted by atomic mass is 10.2. The van der Waals surface area contributed by atoms with Gasteiger partial charge in [-0.05, 0) is 42.6 Å². The van der Waals surface area contributed by atoms with Crippen LogP contribution in [0, 0.1) is 0 Å². The van der Waals surface area contributed by atoms with Crippen molar-refractivity contribution in [1.29, 1.82) is 0 Å². The van der Waals surface area contributed by atoms with E-state index in [1.54, 1.807) is 23.3 Å². The van der Waals surface area contributed by atoms with E-state index in [0.717, 1.165) is 61.6 Å². The Labute approximate surface area is 174 Å². The number of rotatable bonds is 8. The van der Waals surface area contributed by atoms with Crippen LogP contribution >= 0.6 is 11.3 Å². The molecule has 2 N–H and O–H groups in total. The van der Waals surface area contributed by atoms with Crippen LogP contribution in [-0.4, -0.2) is 56.6 Å². The maximum Gasteiger partial charge on any atom is 0.274 e. The van der Waals surface area contributed by atoms with Gasteiger partial charge in [0.2, 0.25) is 0 Å². The summed E-state index contributed by atoms with van der Waals surface area (Å²) in [5.41, 5.74) is 0. The van der Waals surface area contributed by atoms with Gasteiger partial charge >= 0.3 is 0 Å². The van der Waals surface area contributed by atoms with Crippen molar-refractivity contribution in [2.75, 3.05) is 46.4 Å². The summed E-state index contributed by atoms with van der Waals surface area (Å²) in [6.07, 6.45) is 0. The molecule has 1 atom stereocenters. The molecule has 1 aliphatic rings. The Morgan fingerprint density at radius 3 is 2.52 bits per heavy atom. The van der Waals surface area contributed by atoms with Gasteiger partial charge in [-0.15, -0.1) is 21.5 Å². The van der Waals surface area contributed by atoms with Crippen molar-refractivity contribution >= 4 is 11.3 Å². The first kappa shape index (κ1) is 19.9. The van der Waals surface area contributed by atoms with Gasteiger partial charge in [0.15, 0.2) is 6.04 Å². The number of quaternary nitrogens is 2. The summed E-state index contributed by atoms with van der Waals surface area (Å²) >= 11 is 1.62. The maximum absolute atomic E-state index is 5.93. The van der Waals surface area contributed by atoms with Crippen LogP contribution in [0.1, 0.15) is 18.9 Å². The van der Waals surface area contributed by atoms with Crippen molar-refractivity contribution in [2.45, 2.75) is 13.0 Å². The Morgan fingerprint density at radius 1 is 1.07 bits per heavy atom. The molecule has 0 aliphatic carbocycles. The van der Waals surface area contributed by atoms with E-state index in [9.17, 15) is 0 Å². The Balaban J connectivity index is 1.21. The number of piperazine rings is 1. The Hall–Kier alpha value is -2.42. The van der Waals surface area contributed by atoms with Crippen LogP contribution in [0.15, 0.2) is 46.2 Å². The molecule has 0 unspecified atom stereocenters. The van der Waals surface area contributed by atoms with E-state index in [1.165, 1.54) is 4.90 Å². The molecule has 0 spiro atoms. The highest BCUT2D eigenvalue weighted by Gasteiger charge is 2.31. The van der Waals surface area contributed by atoms with Crippen LogP contribution in [0.4, 0.5) is 0 Å². The van der Waals surface area contributed by atoms with Crippen LogP contribution in [0.25, 0.3) is 10.8 Å². The third-order valence-corrected chi connectivity index (χ3v) is 6.40. The van der Waals surface area contributed by atoms with Crippen molar-refractivity contribution in [1.82, 2.24) is 10.2 Å². The Bertz CT molecular complexity index is 874. The number of benzene rings is 1. The van der Waals surface area contributed by atoms with Gasteiger partial charge in [0.05, 0.1) is 12.0 Å². The van der Waals surface area contributed by atoms with Crippen molar-refractivity contribution in [3.8, 4) is 22.3 Å². The number of hydrogen-bond donors (Lipinski definition) is 2. The summed E-state index contributed by atoms with van der Waals surface area (Å²) in [7, 11) is 1.67. The zero-order chi connectivity index (χ0) is 20.1. The summed E-state index contributed by atoms with van der Waals surface area (Å²) in [5.74, 6) is 3.09. The van der Waals surface area contributed by atoms with Crippen LogP contribution in [0.5, 0.6) is 11.5 Å². The molecule has 0 amide bonds. The highest BCUT2D eigenvalue weighted by atomic mass is 32.1. The molecule has 2 aromatic heterocycles. The van der Waals surface area contributed by atoms with E-state index < -0.39 is 0 Å². The van der Waals surface area contributed by atoms with Crippen LogP contribution < -0.4 is 19.3 Å². The minimum Gasteiger partial charge on any atom is -0.497 e. The normalized spacial score (nSPS) is 20.3. The second-order valence-corrected chi connectivity index (χ2v) is 8.27. The fraction of sp³-hybridized carbons (Fsp3) is 0.429. The van der Waals surface area contributed by atoms with Crippen molar-refractivity contribution in [2.24, 2.45) is 0 Å². The minimum absolute atomic E-state index is 0.216. The predicted molar refractivity (Wildman–Crippen MR) is 111 cm³/mol. The highest BCUT2D eigenvalue weighted by molar-refractivity contribution is 7.13. The second kappa shape index (κ2) is 9.39. The number of nitrogens with one attached hydrogen (secondary N) is 2. The van der Waals surface area contributed by atoms with Crippen molar-refractivity contribution in [3.05, 3.63) is 47.7 Å². The molecule has 1 aromatic carbocycles. The second-order valence-electron chi connectivity index (χ2n) is 7.33. The molecule has 3 heterocycles. The maximum atomic E-state index is 5.93. The predicted octanol–water partition coefficient (Wildman–Crippen LogP) is 0.730. The summed E-state index contributed by atoms with van der Waals surface area (Å²) < 4.78 is 17.0. The molecular formula is C21H28N4O3S+2. The van der Waals surface area contributed by atoms with E-state index in [-0.39, 0.29) is 6.04 Å².